The number of hydrogen-bond donors (Lipinski definition) is 1. The monoisotopic (exact) mass is 448 g/mol. The molecular weight excluding hydrogens is 421 g/mol. The van der Waals surface area contributed by atoms with Gasteiger partial charge in [-0.1, -0.05) is 17.7 Å². The summed E-state index contributed by atoms with van der Waals surface area (Å²) >= 11 is 0. The molecule has 0 unspecified atom stereocenters. The van der Waals surface area contributed by atoms with Crippen molar-refractivity contribution in [1.29, 1.82) is 0 Å². The van der Waals surface area contributed by atoms with Gasteiger partial charge in [-0.2, -0.15) is 13.2 Å². The Morgan fingerprint density at radius 1 is 1.03 bits per heavy atom. The zero-order valence-corrected chi connectivity index (χ0v) is 18.0. The van der Waals surface area contributed by atoms with Crippen molar-refractivity contribution in [2.24, 2.45) is 0 Å². The standard InChI is InChI=1S/C24H27F3N2O3/c1-17-4-10-21(11-5-17)32-16-2-3-22(30)29-14-12-20(13-15-29)28-23(31)18-6-8-19(9-7-18)24(25,26)27/h4-11,20H,2-3,12-16H2,1H3,(H,28,31). The number of ether oxygens (including phenoxy) is 1. The SMILES string of the molecule is Cc1ccc(OCCCC(=O)N2CCC(NC(=O)c3ccc(C(F)(F)F)cc3)CC2)cc1. The summed E-state index contributed by atoms with van der Waals surface area (Å²) in [5, 5.41) is 2.85. The van der Waals surface area contributed by atoms with E-state index in [1.165, 1.54) is 12.1 Å². The van der Waals surface area contributed by atoms with Gasteiger partial charge in [-0.3, -0.25) is 9.59 Å². The zero-order chi connectivity index (χ0) is 23.1. The molecule has 172 valence electrons. The lowest BCUT2D eigenvalue weighted by Crippen LogP contribution is -2.46. The van der Waals surface area contributed by atoms with Crippen LogP contribution in [0.25, 0.3) is 0 Å². The van der Waals surface area contributed by atoms with E-state index in [4.69, 9.17) is 4.74 Å². The first-order valence-electron chi connectivity index (χ1n) is 10.7. The van der Waals surface area contributed by atoms with Crippen LogP contribution in [0.5, 0.6) is 5.75 Å². The van der Waals surface area contributed by atoms with Gasteiger partial charge in [-0.05, 0) is 62.6 Å². The molecular formula is C24H27F3N2O3. The van der Waals surface area contributed by atoms with Crippen LogP contribution in [0, 0.1) is 6.92 Å². The predicted molar refractivity (Wildman–Crippen MR) is 114 cm³/mol. The second kappa shape index (κ2) is 10.5. The maximum absolute atomic E-state index is 12.6. The Morgan fingerprint density at radius 2 is 1.66 bits per heavy atom. The maximum Gasteiger partial charge on any atom is 0.416 e. The lowest BCUT2D eigenvalue weighted by atomic mass is 10.0. The number of rotatable bonds is 7. The highest BCUT2D eigenvalue weighted by atomic mass is 19.4. The molecule has 2 amide bonds. The van der Waals surface area contributed by atoms with Crippen molar-refractivity contribution in [2.75, 3.05) is 19.7 Å². The molecule has 1 saturated heterocycles. The molecule has 0 aliphatic carbocycles. The summed E-state index contributed by atoms with van der Waals surface area (Å²) in [4.78, 5) is 26.5. The maximum atomic E-state index is 12.6. The number of likely N-dealkylation sites (tertiary alicyclic amines) is 1. The van der Waals surface area contributed by atoms with E-state index in [1.54, 1.807) is 4.90 Å². The lowest BCUT2D eigenvalue weighted by molar-refractivity contribution is -0.137. The Labute approximate surface area is 185 Å². The van der Waals surface area contributed by atoms with Crippen LogP contribution in [0.4, 0.5) is 13.2 Å². The number of benzene rings is 2. The average Bonchev–Trinajstić information content (AvgIpc) is 2.78. The summed E-state index contributed by atoms with van der Waals surface area (Å²) in [7, 11) is 0. The van der Waals surface area contributed by atoms with Crippen LogP contribution in [-0.4, -0.2) is 42.5 Å². The van der Waals surface area contributed by atoms with Crippen molar-refractivity contribution in [3.63, 3.8) is 0 Å². The normalized spacial score (nSPS) is 14.8. The molecule has 32 heavy (non-hydrogen) atoms. The topological polar surface area (TPSA) is 58.6 Å². The van der Waals surface area contributed by atoms with E-state index in [1.807, 2.05) is 31.2 Å². The van der Waals surface area contributed by atoms with Crippen LogP contribution >= 0.6 is 0 Å². The van der Waals surface area contributed by atoms with Gasteiger partial charge in [-0.25, -0.2) is 0 Å². The van der Waals surface area contributed by atoms with Crippen LogP contribution < -0.4 is 10.1 Å². The third-order valence-corrected chi connectivity index (χ3v) is 5.48. The molecule has 1 fully saturated rings. The largest absolute Gasteiger partial charge is 0.494 e. The summed E-state index contributed by atoms with van der Waals surface area (Å²) in [5.41, 5.74) is 0.557. The van der Waals surface area contributed by atoms with Crippen LogP contribution in [0.2, 0.25) is 0 Å². The van der Waals surface area contributed by atoms with Crippen LogP contribution in [-0.2, 0) is 11.0 Å². The molecule has 0 spiro atoms. The lowest BCUT2D eigenvalue weighted by Gasteiger charge is -2.32. The molecule has 1 heterocycles. The minimum Gasteiger partial charge on any atom is -0.494 e. The van der Waals surface area contributed by atoms with Crippen LogP contribution in [0.1, 0.15) is 47.2 Å². The van der Waals surface area contributed by atoms with Crippen molar-refractivity contribution in [3.8, 4) is 5.75 Å². The molecule has 0 aromatic heterocycles. The van der Waals surface area contributed by atoms with Gasteiger partial charge in [0.25, 0.3) is 5.91 Å². The first-order valence-corrected chi connectivity index (χ1v) is 10.7. The third kappa shape index (κ3) is 6.73. The quantitative estimate of drug-likeness (QED) is 0.630. The molecule has 1 aliphatic rings. The Bertz CT molecular complexity index is 904. The number of carbonyl (C=O) groups is 2. The van der Waals surface area contributed by atoms with Gasteiger partial charge in [0.15, 0.2) is 0 Å². The summed E-state index contributed by atoms with van der Waals surface area (Å²) in [6, 6.07) is 11.8. The van der Waals surface area contributed by atoms with E-state index >= 15 is 0 Å². The zero-order valence-electron chi connectivity index (χ0n) is 18.0. The Hall–Kier alpha value is -3.03. The van der Waals surface area contributed by atoms with Crippen molar-refractivity contribution >= 4 is 11.8 Å². The number of amides is 2. The van der Waals surface area contributed by atoms with Crippen molar-refractivity contribution in [3.05, 3.63) is 65.2 Å². The first kappa shape index (κ1) is 23.6. The highest BCUT2D eigenvalue weighted by molar-refractivity contribution is 5.94. The fraction of sp³-hybridized carbons (Fsp3) is 0.417. The van der Waals surface area contributed by atoms with Gasteiger partial charge in [0.05, 0.1) is 12.2 Å². The fourth-order valence-corrected chi connectivity index (χ4v) is 3.56. The van der Waals surface area contributed by atoms with Gasteiger partial charge >= 0.3 is 6.18 Å². The molecule has 0 atom stereocenters. The number of hydrogen-bond acceptors (Lipinski definition) is 3. The minimum absolute atomic E-state index is 0.0602. The van der Waals surface area contributed by atoms with Crippen molar-refractivity contribution in [2.45, 2.75) is 44.8 Å². The number of nitrogens with zero attached hydrogens (tertiary/aromatic N) is 1. The first-order chi connectivity index (χ1) is 15.2. The van der Waals surface area contributed by atoms with Crippen molar-refractivity contribution in [1.82, 2.24) is 10.2 Å². The van der Waals surface area contributed by atoms with E-state index < -0.39 is 17.6 Å². The molecule has 0 saturated carbocycles. The Balaban J connectivity index is 1.36. The summed E-state index contributed by atoms with van der Waals surface area (Å²) in [5.74, 6) is 0.439. The number of nitrogens with one attached hydrogen (secondary N) is 1. The number of alkyl halides is 3. The molecule has 5 nitrogen and oxygen atoms in total. The fourth-order valence-electron chi connectivity index (χ4n) is 3.56. The summed E-state index contributed by atoms with van der Waals surface area (Å²) < 4.78 is 43.6. The molecule has 1 aliphatic heterocycles. The van der Waals surface area contributed by atoms with Gasteiger partial charge in [0.2, 0.25) is 5.91 Å². The average molecular weight is 448 g/mol. The number of carbonyl (C=O) groups excluding carboxylic acids is 2. The summed E-state index contributed by atoms with van der Waals surface area (Å²) in [6.45, 7) is 3.55. The second-order valence-corrected chi connectivity index (χ2v) is 7.97. The Kier molecular flexibility index (Phi) is 7.77. The molecule has 2 aromatic carbocycles. The van der Waals surface area contributed by atoms with Gasteiger partial charge < -0.3 is 15.0 Å². The van der Waals surface area contributed by atoms with E-state index in [9.17, 15) is 22.8 Å². The van der Waals surface area contributed by atoms with Crippen LogP contribution in [0.15, 0.2) is 48.5 Å². The number of piperidine rings is 1. The van der Waals surface area contributed by atoms with Gasteiger partial charge in [-0.15, -0.1) is 0 Å². The molecule has 3 rings (SSSR count). The van der Waals surface area contributed by atoms with Gasteiger partial charge in [0.1, 0.15) is 5.75 Å². The molecule has 2 aromatic rings. The highest BCUT2D eigenvalue weighted by Gasteiger charge is 2.30. The van der Waals surface area contributed by atoms with Crippen LogP contribution in [0.3, 0.4) is 0 Å². The minimum atomic E-state index is -4.43. The summed E-state index contributed by atoms with van der Waals surface area (Å²) in [6.07, 6.45) is -2.19. The Morgan fingerprint density at radius 3 is 2.25 bits per heavy atom. The van der Waals surface area contributed by atoms with Crippen molar-refractivity contribution < 1.29 is 27.5 Å². The van der Waals surface area contributed by atoms with E-state index in [2.05, 4.69) is 5.32 Å². The predicted octanol–water partition coefficient (Wildman–Crippen LogP) is 4.59. The molecule has 0 radical (unpaired) electrons. The number of halogens is 3. The smallest absolute Gasteiger partial charge is 0.416 e. The third-order valence-electron chi connectivity index (χ3n) is 5.48. The second-order valence-electron chi connectivity index (χ2n) is 7.97. The highest BCUT2D eigenvalue weighted by Crippen LogP contribution is 2.29. The molecule has 1 N–H and O–H groups in total. The molecule has 8 heteroatoms. The number of aryl methyl sites for hydroxylation is 1. The van der Waals surface area contributed by atoms with E-state index in [0.29, 0.717) is 45.4 Å². The molecule has 0 bridgehead atoms. The van der Waals surface area contributed by atoms with Gasteiger partial charge in [0, 0.05) is 31.1 Å². The van der Waals surface area contributed by atoms with E-state index in [-0.39, 0.29) is 17.5 Å². The van der Waals surface area contributed by atoms with E-state index in [0.717, 1.165) is 23.4 Å².